The maximum atomic E-state index is 12.9. The van der Waals surface area contributed by atoms with Gasteiger partial charge in [-0.2, -0.15) is 0 Å². The molecule has 2 aromatic carbocycles. The van der Waals surface area contributed by atoms with Crippen molar-refractivity contribution >= 4 is 33.4 Å². The molecule has 1 aliphatic rings. The third kappa shape index (κ3) is 4.63. The number of hydrogen-bond acceptors (Lipinski definition) is 8. The summed E-state index contributed by atoms with van der Waals surface area (Å²) in [7, 11) is -3.94. The molecule has 1 amide bonds. The molecule has 3 aromatic rings. The van der Waals surface area contributed by atoms with E-state index in [0.29, 0.717) is 28.0 Å². The Kier molecular flexibility index (Phi) is 5.85. The molecule has 0 saturated carbocycles. The molecule has 0 radical (unpaired) electrons. The number of oxime groups is 1. The molecule has 0 spiro atoms. The number of anilines is 1. The van der Waals surface area contributed by atoms with E-state index in [2.05, 4.69) is 20.4 Å². The summed E-state index contributed by atoms with van der Waals surface area (Å²) in [5, 5.41) is 19.5. The van der Waals surface area contributed by atoms with Crippen LogP contribution in [0, 0.1) is 5.41 Å². The van der Waals surface area contributed by atoms with E-state index in [1.54, 1.807) is 49.4 Å². The standard InChI is InChI=1S/C22H21N7O4S/c1-22(10-17(29-33-22)13-5-4-6-14(9-13)19(23)24)20(30)28-21-26-11-15(12-27-21)16-7-2-3-8-18(16)34(25,31)32/h2-9,11-12H,10H2,1H3,(H3,23,24)(H2,25,31,32)(H,26,27,28,30). The van der Waals surface area contributed by atoms with Gasteiger partial charge in [0.15, 0.2) is 0 Å². The van der Waals surface area contributed by atoms with Crippen molar-refractivity contribution in [3.63, 3.8) is 0 Å². The van der Waals surface area contributed by atoms with Crippen LogP contribution in [-0.2, 0) is 19.7 Å². The van der Waals surface area contributed by atoms with Crippen LogP contribution in [-0.4, -0.2) is 41.4 Å². The first-order chi connectivity index (χ1) is 16.1. The van der Waals surface area contributed by atoms with Crippen LogP contribution in [0.1, 0.15) is 24.5 Å². The molecule has 0 aliphatic carbocycles. The van der Waals surface area contributed by atoms with Gasteiger partial charge in [0, 0.05) is 41.1 Å². The van der Waals surface area contributed by atoms with Crippen LogP contribution in [0.3, 0.4) is 0 Å². The summed E-state index contributed by atoms with van der Waals surface area (Å²) in [6, 6.07) is 13.2. The highest BCUT2D eigenvalue weighted by atomic mass is 32.2. The van der Waals surface area contributed by atoms with Gasteiger partial charge >= 0.3 is 0 Å². The molecular formula is C22H21N7O4S. The normalized spacial score (nSPS) is 17.5. The van der Waals surface area contributed by atoms with Gasteiger partial charge in [0.25, 0.3) is 5.91 Å². The average molecular weight is 480 g/mol. The molecule has 1 atom stereocenters. The lowest BCUT2D eigenvalue weighted by Gasteiger charge is -2.19. The predicted octanol–water partition coefficient (Wildman–Crippen LogP) is 1.60. The number of hydrogen-bond donors (Lipinski definition) is 4. The van der Waals surface area contributed by atoms with E-state index >= 15 is 0 Å². The number of primary sulfonamides is 1. The molecular weight excluding hydrogens is 458 g/mol. The summed E-state index contributed by atoms with van der Waals surface area (Å²) in [6.45, 7) is 1.59. The monoisotopic (exact) mass is 479 g/mol. The number of aromatic nitrogens is 2. The van der Waals surface area contributed by atoms with E-state index in [-0.39, 0.29) is 23.1 Å². The number of amides is 1. The number of rotatable bonds is 6. The maximum Gasteiger partial charge on any atom is 0.273 e. The Labute approximate surface area is 195 Å². The second kappa shape index (κ2) is 8.65. The number of nitrogen functional groups attached to an aromatic ring is 1. The van der Waals surface area contributed by atoms with Crippen molar-refractivity contribution in [3.8, 4) is 11.1 Å². The number of sulfonamides is 1. The molecule has 11 nitrogen and oxygen atoms in total. The molecule has 34 heavy (non-hydrogen) atoms. The quantitative estimate of drug-likeness (QED) is 0.305. The fourth-order valence-corrected chi connectivity index (χ4v) is 4.16. The second-order valence-electron chi connectivity index (χ2n) is 7.82. The average Bonchev–Trinajstić information content (AvgIpc) is 3.23. The Balaban J connectivity index is 1.48. The number of carbonyl (C=O) groups is 1. The molecule has 1 aromatic heterocycles. The van der Waals surface area contributed by atoms with Gasteiger partial charge in [-0.05, 0) is 19.1 Å². The largest absolute Gasteiger partial charge is 0.384 e. The summed E-state index contributed by atoms with van der Waals surface area (Å²) in [5.41, 5.74) is 6.78. The number of carbonyl (C=O) groups excluding carboxylic acids is 1. The van der Waals surface area contributed by atoms with Crippen molar-refractivity contribution in [3.05, 3.63) is 72.1 Å². The minimum atomic E-state index is -3.94. The minimum absolute atomic E-state index is 0.0127. The third-order valence-corrected chi connectivity index (χ3v) is 6.20. The van der Waals surface area contributed by atoms with Gasteiger partial charge in [-0.3, -0.25) is 15.5 Å². The number of nitrogens with one attached hydrogen (secondary N) is 2. The van der Waals surface area contributed by atoms with Gasteiger partial charge < -0.3 is 10.6 Å². The van der Waals surface area contributed by atoms with Crippen molar-refractivity contribution in [2.24, 2.45) is 16.0 Å². The second-order valence-corrected chi connectivity index (χ2v) is 9.35. The zero-order chi connectivity index (χ0) is 24.5. The van der Waals surface area contributed by atoms with E-state index in [9.17, 15) is 13.2 Å². The fraction of sp³-hybridized carbons (Fsp3) is 0.136. The molecule has 1 unspecified atom stereocenters. The van der Waals surface area contributed by atoms with Gasteiger partial charge in [0.1, 0.15) is 5.84 Å². The minimum Gasteiger partial charge on any atom is -0.384 e. The molecule has 0 bridgehead atoms. The molecule has 174 valence electrons. The summed E-state index contributed by atoms with van der Waals surface area (Å²) in [6.07, 6.45) is 2.96. The Hall–Kier alpha value is -4.16. The maximum absolute atomic E-state index is 12.9. The summed E-state index contributed by atoms with van der Waals surface area (Å²) < 4.78 is 23.7. The number of benzene rings is 2. The van der Waals surface area contributed by atoms with Crippen molar-refractivity contribution in [2.45, 2.75) is 23.8 Å². The molecule has 0 fully saturated rings. The number of nitrogens with two attached hydrogens (primary N) is 2. The lowest BCUT2D eigenvalue weighted by atomic mass is 9.94. The van der Waals surface area contributed by atoms with Gasteiger partial charge in [-0.15, -0.1) is 0 Å². The lowest BCUT2D eigenvalue weighted by molar-refractivity contribution is -0.136. The van der Waals surface area contributed by atoms with Crippen molar-refractivity contribution in [1.29, 1.82) is 5.41 Å². The zero-order valence-corrected chi connectivity index (χ0v) is 18.8. The first kappa shape index (κ1) is 23.0. The fourth-order valence-electron chi connectivity index (χ4n) is 3.40. The van der Waals surface area contributed by atoms with Crippen LogP contribution >= 0.6 is 0 Å². The predicted molar refractivity (Wildman–Crippen MR) is 126 cm³/mol. The van der Waals surface area contributed by atoms with E-state index in [1.807, 2.05) is 0 Å². The highest BCUT2D eigenvalue weighted by molar-refractivity contribution is 7.89. The summed E-state index contributed by atoms with van der Waals surface area (Å²) in [5.74, 6) is -0.570. The van der Waals surface area contributed by atoms with Crippen LogP contribution < -0.4 is 16.2 Å². The van der Waals surface area contributed by atoms with Crippen LogP contribution in [0.15, 0.2) is 71.0 Å². The Bertz CT molecular complexity index is 1420. The van der Waals surface area contributed by atoms with E-state index < -0.39 is 21.5 Å². The van der Waals surface area contributed by atoms with Gasteiger partial charge in [0.05, 0.1) is 10.6 Å². The van der Waals surface area contributed by atoms with E-state index in [0.717, 1.165) is 0 Å². The van der Waals surface area contributed by atoms with Crippen molar-refractivity contribution < 1.29 is 18.0 Å². The summed E-state index contributed by atoms with van der Waals surface area (Å²) >= 11 is 0. The smallest absolute Gasteiger partial charge is 0.273 e. The molecule has 2 heterocycles. The zero-order valence-electron chi connectivity index (χ0n) is 18.0. The Morgan fingerprint density at radius 3 is 2.50 bits per heavy atom. The Morgan fingerprint density at radius 1 is 1.12 bits per heavy atom. The molecule has 0 saturated heterocycles. The van der Waals surface area contributed by atoms with Gasteiger partial charge in [-0.25, -0.2) is 23.5 Å². The molecule has 12 heteroatoms. The third-order valence-electron chi connectivity index (χ3n) is 5.23. The van der Waals surface area contributed by atoms with E-state index in [4.69, 9.17) is 21.1 Å². The topological polar surface area (TPSA) is 187 Å². The van der Waals surface area contributed by atoms with Crippen LogP contribution in [0.4, 0.5) is 5.95 Å². The number of amidine groups is 1. The number of nitrogens with zero attached hydrogens (tertiary/aromatic N) is 3. The molecule has 6 N–H and O–H groups in total. The van der Waals surface area contributed by atoms with Crippen molar-refractivity contribution in [1.82, 2.24) is 9.97 Å². The van der Waals surface area contributed by atoms with Gasteiger partial charge in [-0.1, -0.05) is 41.6 Å². The van der Waals surface area contributed by atoms with Crippen molar-refractivity contribution in [2.75, 3.05) is 5.32 Å². The van der Waals surface area contributed by atoms with Crippen LogP contribution in [0.25, 0.3) is 11.1 Å². The summed E-state index contributed by atoms with van der Waals surface area (Å²) in [4.78, 5) is 26.5. The SMILES string of the molecule is CC1(C(=O)Nc2ncc(-c3ccccc3S(N)(=O)=O)cn2)CC(c2cccc(C(=N)N)c2)=NO1. The van der Waals surface area contributed by atoms with Crippen LogP contribution in [0.5, 0.6) is 0 Å². The first-order valence-electron chi connectivity index (χ1n) is 10.0. The Morgan fingerprint density at radius 2 is 1.82 bits per heavy atom. The van der Waals surface area contributed by atoms with Crippen LogP contribution in [0.2, 0.25) is 0 Å². The lowest BCUT2D eigenvalue weighted by Crippen LogP contribution is -2.40. The molecule has 4 rings (SSSR count). The van der Waals surface area contributed by atoms with E-state index in [1.165, 1.54) is 18.5 Å². The molecule has 1 aliphatic heterocycles. The highest BCUT2D eigenvalue weighted by Gasteiger charge is 2.42. The highest BCUT2D eigenvalue weighted by Crippen LogP contribution is 2.29. The first-order valence-corrected chi connectivity index (χ1v) is 11.6. The van der Waals surface area contributed by atoms with Gasteiger partial charge in [0.2, 0.25) is 21.6 Å².